The van der Waals surface area contributed by atoms with Gasteiger partial charge < -0.3 is 30.7 Å². The number of amides is 3. The number of fused-ring (bicyclic) bond motifs is 1. The van der Waals surface area contributed by atoms with Crippen molar-refractivity contribution in [3.63, 3.8) is 0 Å². The molecule has 12 heteroatoms. The number of furan rings is 1. The zero-order valence-corrected chi connectivity index (χ0v) is 21.8. The fraction of sp³-hybridized carbons (Fsp3) is 0.360. The fourth-order valence-corrected chi connectivity index (χ4v) is 4.51. The lowest BCUT2D eigenvalue weighted by atomic mass is 10.0. The van der Waals surface area contributed by atoms with Crippen LogP contribution in [0.1, 0.15) is 64.9 Å². The van der Waals surface area contributed by atoms with Crippen LogP contribution in [0.3, 0.4) is 0 Å². The van der Waals surface area contributed by atoms with E-state index in [1.807, 2.05) is 20.8 Å². The highest BCUT2D eigenvalue weighted by molar-refractivity contribution is 7.09. The van der Waals surface area contributed by atoms with Gasteiger partial charge in [-0.2, -0.15) is 4.37 Å². The molecule has 0 saturated heterocycles. The number of ether oxygens (including phenoxy) is 2. The summed E-state index contributed by atoms with van der Waals surface area (Å²) in [7, 11) is 0. The van der Waals surface area contributed by atoms with Crippen LogP contribution in [0.2, 0.25) is 0 Å². The Morgan fingerprint density at radius 1 is 1.16 bits per heavy atom. The Labute approximate surface area is 217 Å². The maximum atomic E-state index is 14.1. The Kier molecular flexibility index (Phi) is 7.12. The number of nitrogens with two attached hydrogens (primary N) is 2. The molecule has 0 spiro atoms. The highest BCUT2D eigenvalue weighted by Gasteiger charge is 2.39. The number of benzene rings is 1. The van der Waals surface area contributed by atoms with Gasteiger partial charge >= 0.3 is 0 Å². The number of aryl methyl sites for hydroxylation is 1. The zero-order chi connectivity index (χ0) is 26.9. The second kappa shape index (κ2) is 10.1. The summed E-state index contributed by atoms with van der Waals surface area (Å²) in [5.41, 5.74) is 10.9. The molecule has 2 aromatic heterocycles. The number of rotatable bonds is 8. The van der Waals surface area contributed by atoms with Gasteiger partial charge in [-0.25, -0.2) is 0 Å². The normalized spacial score (nSPS) is 13.6. The van der Waals surface area contributed by atoms with Crippen molar-refractivity contribution in [1.82, 2.24) is 9.69 Å². The number of nitrogens with zero attached hydrogens (tertiary/aromatic N) is 2. The molecule has 1 aliphatic heterocycles. The lowest BCUT2D eigenvalue weighted by Gasteiger charge is -2.33. The maximum absolute atomic E-state index is 14.1. The summed E-state index contributed by atoms with van der Waals surface area (Å²) in [5.74, 6) is -0.267. The monoisotopic (exact) mass is 527 g/mol. The van der Waals surface area contributed by atoms with Crippen molar-refractivity contribution in [3.8, 4) is 11.5 Å². The minimum Gasteiger partial charge on any atom is -0.486 e. The summed E-state index contributed by atoms with van der Waals surface area (Å²) < 4.78 is 21.2. The Hall–Kier alpha value is -4.06. The van der Waals surface area contributed by atoms with Crippen LogP contribution in [0.25, 0.3) is 0 Å². The van der Waals surface area contributed by atoms with Gasteiger partial charge in [0.2, 0.25) is 0 Å². The molecular formula is C25H29N5O6S. The average molecular weight is 528 g/mol. The van der Waals surface area contributed by atoms with E-state index in [0.29, 0.717) is 42.6 Å². The van der Waals surface area contributed by atoms with Gasteiger partial charge in [0.15, 0.2) is 23.2 Å². The number of carbonyl (C=O) groups excluding carboxylic acids is 3. The van der Waals surface area contributed by atoms with Crippen molar-refractivity contribution < 1.29 is 28.3 Å². The van der Waals surface area contributed by atoms with Gasteiger partial charge in [0.1, 0.15) is 29.6 Å². The molecule has 1 aromatic carbocycles. The number of nitrogens with one attached hydrogen (secondary N) is 1. The minimum absolute atomic E-state index is 0.0421. The van der Waals surface area contributed by atoms with E-state index in [1.165, 1.54) is 4.90 Å². The smallest absolute Gasteiger partial charge is 0.273 e. The summed E-state index contributed by atoms with van der Waals surface area (Å²) in [6, 6.07) is 7.03. The van der Waals surface area contributed by atoms with Crippen LogP contribution in [0, 0.1) is 6.92 Å². The van der Waals surface area contributed by atoms with Crippen molar-refractivity contribution in [2.75, 3.05) is 23.8 Å². The van der Waals surface area contributed by atoms with Crippen LogP contribution < -0.4 is 31.2 Å². The first-order chi connectivity index (χ1) is 17.5. The van der Waals surface area contributed by atoms with Gasteiger partial charge in [-0.1, -0.05) is 6.92 Å². The van der Waals surface area contributed by atoms with Gasteiger partial charge in [0, 0.05) is 17.3 Å². The SMILES string of the molecule is CCC(C)(C)NC(=O)[C@H](c1ccc(C)o1)N(C(=O)c1snc(C(N)=O)c1N)c1ccc2c(c1)OCCO2. The Balaban J connectivity index is 1.90. The largest absolute Gasteiger partial charge is 0.486 e. The first-order valence-corrected chi connectivity index (χ1v) is 12.5. The quantitative estimate of drug-likeness (QED) is 0.402. The Morgan fingerprint density at radius 2 is 1.86 bits per heavy atom. The number of anilines is 2. The molecule has 0 radical (unpaired) electrons. The fourth-order valence-electron chi connectivity index (χ4n) is 3.77. The van der Waals surface area contributed by atoms with Crippen molar-refractivity contribution in [2.45, 2.75) is 45.7 Å². The highest BCUT2D eigenvalue weighted by Crippen LogP contribution is 2.39. The average Bonchev–Trinajstić information content (AvgIpc) is 3.46. The number of carbonyl (C=O) groups is 3. The zero-order valence-electron chi connectivity index (χ0n) is 21.0. The molecule has 0 bridgehead atoms. The van der Waals surface area contributed by atoms with E-state index in [0.717, 1.165) is 11.5 Å². The maximum Gasteiger partial charge on any atom is 0.273 e. The number of nitrogen functional groups attached to an aromatic ring is 1. The molecule has 0 aliphatic carbocycles. The van der Waals surface area contributed by atoms with Gasteiger partial charge in [0.05, 0.1) is 5.69 Å². The predicted octanol–water partition coefficient (Wildman–Crippen LogP) is 3.19. The number of hydrogen-bond donors (Lipinski definition) is 3. The second-order valence-corrected chi connectivity index (χ2v) is 9.99. The van der Waals surface area contributed by atoms with Crippen LogP contribution in [-0.2, 0) is 4.79 Å². The lowest BCUT2D eigenvalue weighted by molar-refractivity contribution is -0.124. The van der Waals surface area contributed by atoms with Crippen LogP contribution in [0.4, 0.5) is 11.4 Å². The number of primary amides is 1. The van der Waals surface area contributed by atoms with E-state index in [4.69, 9.17) is 25.4 Å². The summed E-state index contributed by atoms with van der Waals surface area (Å²) in [6.07, 6.45) is 0.643. The van der Waals surface area contributed by atoms with E-state index in [9.17, 15) is 14.4 Å². The first kappa shape index (κ1) is 26.0. The molecule has 0 fully saturated rings. The molecule has 11 nitrogen and oxygen atoms in total. The molecule has 37 heavy (non-hydrogen) atoms. The van der Waals surface area contributed by atoms with E-state index in [-0.39, 0.29) is 22.0 Å². The highest BCUT2D eigenvalue weighted by atomic mass is 32.1. The molecule has 3 heterocycles. The molecule has 3 aromatic rings. The van der Waals surface area contributed by atoms with E-state index in [2.05, 4.69) is 9.69 Å². The molecule has 5 N–H and O–H groups in total. The molecule has 3 amide bonds. The van der Waals surface area contributed by atoms with Gasteiger partial charge in [-0.05, 0) is 63.0 Å². The third-order valence-electron chi connectivity index (χ3n) is 6.06. The topological polar surface area (TPSA) is 163 Å². The Bertz CT molecular complexity index is 1350. The Morgan fingerprint density at radius 3 is 2.46 bits per heavy atom. The van der Waals surface area contributed by atoms with Crippen molar-refractivity contribution >= 4 is 40.6 Å². The predicted molar refractivity (Wildman–Crippen MR) is 138 cm³/mol. The summed E-state index contributed by atoms with van der Waals surface area (Å²) in [4.78, 5) is 40.9. The molecule has 4 rings (SSSR count). The summed E-state index contributed by atoms with van der Waals surface area (Å²) in [5, 5.41) is 3.00. The van der Waals surface area contributed by atoms with Gasteiger partial charge in [-0.3, -0.25) is 19.3 Å². The molecule has 196 valence electrons. The third-order valence-corrected chi connectivity index (χ3v) is 6.91. The molecule has 0 saturated carbocycles. The van der Waals surface area contributed by atoms with Crippen LogP contribution in [0.5, 0.6) is 11.5 Å². The minimum atomic E-state index is -1.23. The van der Waals surface area contributed by atoms with Crippen molar-refractivity contribution in [3.05, 3.63) is 52.4 Å². The van der Waals surface area contributed by atoms with Crippen molar-refractivity contribution in [1.29, 1.82) is 0 Å². The van der Waals surface area contributed by atoms with E-state index >= 15 is 0 Å². The van der Waals surface area contributed by atoms with Crippen molar-refractivity contribution in [2.24, 2.45) is 5.73 Å². The van der Waals surface area contributed by atoms with Crippen LogP contribution in [-0.4, -0.2) is 40.8 Å². The first-order valence-electron chi connectivity index (χ1n) is 11.7. The summed E-state index contributed by atoms with van der Waals surface area (Å²) in [6.45, 7) is 8.17. The van der Waals surface area contributed by atoms with Crippen LogP contribution >= 0.6 is 11.5 Å². The van der Waals surface area contributed by atoms with Crippen LogP contribution in [0.15, 0.2) is 34.7 Å². The second-order valence-electron chi connectivity index (χ2n) is 9.22. The van der Waals surface area contributed by atoms with E-state index < -0.39 is 29.3 Å². The van der Waals surface area contributed by atoms with Gasteiger partial charge in [-0.15, -0.1) is 0 Å². The molecule has 1 aliphatic rings. The molecular weight excluding hydrogens is 498 g/mol. The van der Waals surface area contributed by atoms with E-state index in [1.54, 1.807) is 37.3 Å². The number of aromatic nitrogens is 1. The lowest BCUT2D eigenvalue weighted by Crippen LogP contribution is -2.50. The molecule has 0 unspecified atom stereocenters. The summed E-state index contributed by atoms with van der Waals surface area (Å²) >= 11 is 0.726. The standard InChI is InChI=1S/C25H29N5O6S/c1-5-25(3,4)28-23(32)20(16-8-6-13(2)36-16)30(14-7-9-15-17(12-14)35-11-10-34-15)24(33)21-18(26)19(22(27)31)29-37-21/h6-9,12,20H,5,10-11,26H2,1-4H3,(H2,27,31)(H,28,32)/t20-/m0/s1. The third kappa shape index (κ3) is 5.24. The molecule has 1 atom stereocenters. The van der Waals surface area contributed by atoms with Gasteiger partial charge in [0.25, 0.3) is 17.7 Å². The number of hydrogen-bond acceptors (Lipinski definition) is 9.